The molecule has 0 amide bonds. The van der Waals surface area contributed by atoms with Crippen molar-refractivity contribution in [3.05, 3.63) is 64.7 Å². The quantitative estimate of drug-likeness (QED) is 0.558. The summed E-state index contributed by atoms with van der Waals surface area (Å²) in [7, 11) is 0. The number of hydrogen-bond acceptors (Lipinski definition) is 5. The second kappa shape index (κ2) is 5.31. The molecule has 2 N–H and O–H groups in total. The lowest BCUT2D eigenvalue weighted by molar-refractivity contribution is 1.12. The van der Waals surface area contributed by atoms with Crippen LogP contribution in [0.5, 0.6) is 0 Å². The van der Waals surface area contributed by atoms with Crippen LogP contribution < -0.4 is 11.0 Å². The number of H-pyrrole nitrogens is 1. The summed E-state index contributed by atoms with van der Waals surface area (Å²) in [6.45, 7) is 0. The number of benzene rings is 1. The van der Waals surface area contributed by atoms with Gasteiger partial charge in [0.25, 0.3) is 5.56 Å². The maximum absolute atomic E-state index is 11.8. The minimum absolute atomic E-state index is 0.203. The fraction of sp³-hybridized carbons (Fsp3) is 0. The zero-order valence-corrected chi connectivity index (χ0v) is 10.4. The summed E-state index contributed by atoms with van der Waals surface area (Å²) in [5.41, 5.74) is 3.81. The number of nitrogens with one attached hydrogen (secondary N) is 2. The molecule has 0 atom stereocenters. The van der Waals surface area contributed by atoms with Crippen molar-refractivity contribution in [1.82, 2.24) is 15.0 Å². The number of aromatic nitrogens is 3. The van der Waals surface area contributed by atoms with Crippen molar-refractivity contribution in [2.45, 2.75) is 0 Å². The predicted octanol–water partition coefficient (Wildman–Crippen LogP) is 1.76. The summed E-state index contributed by atoms with van der Waals surface area (Å²) < 4.78 is 0. The molecule has 3 rings (SSSR count). The molecule has 20 heavy (non-hydrogen) atoms. The van der Waals surface area contributed by atoms with Crippen molar-refractivity contribution in [3.63, 3.8) is 0 Å². The number of anilines is 1. The van der Waals surface area contributed by atoms with Crippen LogP contribution >= 0.6 is 0 Å². The molecule has 0 fully saturated rings. The minimum Gasteiger partial charge on any atom is -0.291 e. The Balaban J connectivity index is 1.85. The predicted molar refractivity (Wildman–Crippen MR) is 77.8 cm³/mol. The van der Waals surface area contributed by atoms with E-state index in [2.05, 4.69) is 25.5 Å². The molecule has 98 valence electrons. The van der Waals surface area contributed by atoms with Gasteiger partial charge in [-0.25, -0.2) is 10.4 Å². The Kier molecular flexibility index (Phi) is 3.20. The van der Waals surface area contributed by atoms with Crippen molar-refractivity contribution in [3.8, 4) is 0 Å². The average molecular weight is 265 g/mol. The fourth-order valence-corrected chi connectivity index (χ4v) is 1.75. The first-order valence-corrected chi connectivity index (χ1v) is 6.02. The van der Waals surface area contributed by atoms with Crippen molar-refractivity contribution in [2.24, 2.45) is 5.10 Å². The van der Waals surface area contributed by atoms with Crippen molar-refractivity contribution >= 4 is 23.1 Å². The molecule has 1 aromatic carbocycles. The third-order valence-electron chi connectivity index (χ3n) is 2.67. The lowest BCUT2D eigenvalue weighted by Gasteiger charge is -2.01. The van der Waals surface area contributed by atoms with Crippen LogP contribution in [0.4, 0.5) is 5.95 Å². The van der Waals surface area contributed by atoms with Gasteiger partial charge in [-0.2, -0.15) is 5.10 Å². The number of aromatic amines is 1. The van der Waals surface area contributed by atoms with E-state index in [0.717, 1.165) is 0 Å². The summed E-state index contributed by atoms with van der Waals surface area (Å²) in [4.78, 5) is 22.8. The Bertz CT molecular complexity index is 810. The molecular weight excluding hydrogens is 254 g/mol. The molecule has 0 radical (unpaired) electrons. The highest BCUT2D eigenvalue weighted by atomic mass is 16.1. The van der Waals surface area contributed by atoms with Crippen LogP contribution in [-0.4, -0.2) is 21.2 Å². The van der Waals surface area contributed by atoms with Gasteiger partial charge in [0, 0.05) is 6.20 Å². The molecule has 6 heteroatoms. The van der Waals surface area contributed by atoms with E-state index in [9.17, 15) is 4.79 Å². The standard InChI is InChI=1S/C14H11N5O/c20-13-11-6-1-2-7-12(11)17-14(18-13)19-16-9-10-5-3-4-8-15-10/h1-9H,(H2,17,18,19,20)/b16-9+. The molecule has 0 aliphatic carbocycles. The van der Waals surface area contributed by atoms with E-state index in [1.165, 1.54) is 0 Å². The van der Waals surface area contributed by atoms with Gasteiger partial charge in [-0.1, -0.05) is 18.2 Å². The highest BCUT2D eigenvalue weighted by molar-refractivity contribution is 5.79. The molecule has 6 nitrogen and oxygen atoms in total. The Hall–Kier alpha value is -3.02. The number of hydrazone groups is 1. The zero-order valence-electron chi connectivity index (χ0n) is 10.4. The Labute approximate surface area is 114 Å². The van der Waals surface area contributed by atoms with Gasteiger partial charge in [0.15, 0.2) is 0 Å². The van der Waals surface area contributed by atoms with Gasteiger partial charge in [-0.3, -0.25) is 14.8 Å². The summed E-state index contributed by atoms with van der Waals surface area (Å²) in [5.74, 6) is 0.292. The molecule has 2 aromatic heterocycles. The third-order valence-corrected chi connectivity index (χ3v) is 2.67. The van der Waals surface area contributed by atoms with E-state index >= 15 is 0 Å². The Morgan fingerprint density at radius 3 is 2.85 bits per heavy atom. The van der Waals surface area contributed by atoms with Crippen LogP contribution in [0.1, 0.15) is 5.69 Å². The van der Waals surface area contributed by atoms with Gasteiger partial charge in [0.1, 0.15) is 0 Å². The molecule has 3 aromatic rings. The number of nitrogens with zero attached hydrogens (tertiary/aromatic N) is 3. The van der Waals surface area contributed by atoms with Crippen LogP contribution in [0.25, 0.3) is 10.9 Å². The van der Waals surface area contributed by atoms with Gasteiger partial charge in [0.05, 0.1) is 22.8 Å². The Morgan fingerprint density at radius 1 is 1.15 bits per heavy atom. The molecular formula is C14H11N5O. The monoisotopic (exact) mass is 265 g/mol. The maximum Gasteiger partial charge on any atom is 0.260 e. The summed E-state index contributed by atoms with van der Waals surface area (Å²) in [5, 5.41) is 4.54. The van der Waals surface area contributed by atoms with E-state index in [1.54, 1.807) is 30.6 Å². The number of rotatable bonds is 3. The van der Waals surface area contributed by atoms with Crippen LogP contribution in [-0.2, 0) is 0 Å². The molecule has 2 heterocycles. The lowest BCUT2D eigenvalue weighted by Crippen LogP contribution is -2.11. The topological polar surface area (TPSA) is 83.0 Å². The van der Waals surface area contributed by atoms with Crippen LogP contribution in [0.15, 0.2) is 58.6 Å². The van der Waals surface area contributed by atoms with Crippen molar-refractivity contribution in [1.29, 1.82) is 0 Å². The van der Waals surface area contributed by atoms with E-state index in [0.29, 0.717) is 22.5 Å². The molecule has 0 aliphatic heterocycles. The maximum atomic E-state index is 11.8. The fourth-order valence-electron chi connectivity index (χ4n) is 1.75. The van der Waals surface area contributed by atoms with Gasteiger partial charge in [-0.05, 0) is 24.3 Å². The number of para-hydroxylation sites is 1. The zero-order chi connectivity index (χ0) is 13.8. The Morgan fingerprint density at radius 2 is 2.00 bits per heavy atom. The van der Waals surface area contributed by atoms with Crippen LogP contribution in [0.3, 0.4) is 0 Å². The smallest absolute Gasteiger partial charge is 0.260 e. The first-order chi connectivity index (χ1) is 9.83. The van der Waals surface area contributed by atoms with Crippen LogP contribution in [0, 0.1) is 0 Å². The van der Waals surface area contributed by atoms with E-state index in [1.807, 2.05) is 24.3 Å². The minimum atomic E-state index is -0.203. The first-order valence-electron chi connectivity index (χ1n) is 6.02. The van der Waals surface area contributed by atoms with Gasteiger partial charge < -0.3 is 0 Å². The van der Waals surface area contributed by atoms with Crippen molar-refractivity contribution in [2.75, 3.05) is 5.43 Å². The molecule has 0 aliphatic rings. The largest absolute Gasteiger partial charge is 0.291 e. The molecule has 0 saturated heterocycles. The number of pyridine rings is 1. The molecule has 0 unspecified atom stereocenters. The van der Waals surface area contributed by atoms with Crippen LogP contribution in [0.2, 0.25) is 0 Å². The third kappa shape index (κ3) is 2.54. The highest BCUT2D eigenvalue weighted by Crippen LogP contribution is 2.07. The van der Waals surface area contributed by atoms with E-state index in [-0.39, 0.29) is 5.56 Å². The van der Waals surface area contributed by atoms with E-state index in [4.69, 9.17) is 0 Å². The van der Waals surface area contributed by atoms with Gasteiger partial charge in [0.2, 0.25) is 5.95 Å². The normalized spacial score (nSPS) is 11.0. The van der Waals surface area contributed by atoms with Gasteiger partial charge in [-0.15, -0.1) is 0 Å². The molecule has 0 spiro atoms. The first kappa shape index (κ1) is 12.0. The molecule has 0 saturated carbocycles. The lowest BCUT2D eigenvalue weighted by atomic mass is 10.2. The van der Waals surface area contributed by atoms with E-state index < -0.39 is 0 Å². The summed E-state index contributed by atoms with van der Waals surface area (Å²) in [6.07, 6.45) is 3.23. The number of fused-ring (bicyclic) bond motifs is 1. The second-order valence-electron chi connectivity index (χ2n) is 4.06. The van der Waals surface area contributed by atoms with Crippen molar-refractivity contribution < 1.29 is 0 Å². The average Bonchev–Trinajstić information content (AvgIpc) is 2.48. The highest BCUT2D eigenvalue weighted by Gasteiger charge is 2.01. The SMILES string of the molecule is O=c1[nH]c(N/N=C/c2ccccn2)nc2ccccc12. The number of hydrogen-bond donors (Lipinski definition) is 2. The molecule has 0 bridgehead atoms. The second-order valence-corrected chi connectivity index (χ2v) is 4.06. The summed E-state index contributed by atoms with van der Waals surface area (Å²) in [6, 6.07) is 12.6. The van der Waals surface area contributed by atoms with Gasteiger partial charge >= 0.3 is 0 Å². The summed E-state index contributed by atoms with van der Waals surface area (Å²) >= 11 is 0.